The minimum absolute atomic E-state index is 0.0361. The molecule has 0 atom stereocenters. The second-order valence-corrected chi connectivity index (χ2v) is 3.79. The minimum atomic E-state index is -4.83. The minimum Gasteiger partial charge on any atom is -0.406 e. The number of ether oxygens (including phenoxy) is 1. The van der Waals surface area contributed by atoms with Gasteiger partial charge in [-0.25, -0.2) is 4.39 Å². The van der Waals surface area contributed by atoms with Gasteiger partial charge in [-0.1, -0.05) is 12.1 Å². The predicted octanol–water partition coefficient (Wildman–Crippen LogP) is 3.60. The first-order valence-corrected chi connectivity index (χ1v) is 5.36. The van der Waals surface area contributed by atoms with Gasteiger partial charge in [0.05, 0.1) is 0 Å². The Balaban J connectivity index is 2.38. The Morgan fingerprint density at radius 1 is 1.20 bits per heavy atom. The average Bonchev–Trinajstić information content (AvgIpc) is 2.36. The second-order valence-electron chi connectivity index (χ2n) is 3.79. The number of benzene rings is 1. The average molecular weight is 285 g/mol. The topological polar surface area (TPSA) is 39.2 Å². The molecular weight excluding hydrogens is 278 g/mol. The molecule has 0 saturated carbocycles. The number of pyridine rings is 1. The molecule has 0 unspecified atom stereocenters. The lowest BCUT2D eigenvalue weighted by atomic mass is 10.1. The summed E-state index contributed by atoms with van der Waals surface area (Å²) in [4.78, 5) is 14.2. The van der Waals surface area contributed by atoms with Gasteiger partial charge in [-0.05, 0) is 18.2 Å². The van der Waals surface area contributed by atoms with E-state index in [1.54, 1.807) is 0 Å². The largest absolute Gasteiger partial charge is 0.573 e. The smallest absolute Gasteiger partial charge is 0.406 e. The molecule has 20 heavy (non-hydrogen) atoms. The molecule has 7 heteroatoms. The van der Waals surface area contributed by atoms with Crippen LogP contribution in [0.1, 0.15) is 10.4 Å². The van der Waals surface area contributed by atoms with Crippen molar-refractivity contribution in [2.45, 2.75) is 6.36 Å². The molecule has 2 rings (SSSR count). The number of carbonyl (C=O) groups is 1. The van der Waals surface area contributed by atoms with E-state index in [0.717, 1.165) is 24.4 Å². The summed E-state index contributed by atoms with van der Waals surface area (Å²) < 4.78 is 53.8. The molecule has 0 radical (unpaired) electrons. The van der Waals surface area contributed by atoms with Crippen LogP contribution in [-0.2, 0) is 0 Å². The van der Waals surface area contributed by atoms with Crippen molar-refractivity contribution in [2.24, 2.45) is 0 Å². The van der Waals surface area contributed by atoms with Crippen molar-refractivity contribution in [1.29, 1.82) is 0 Å². The summed E-state index contributed by atoms with van der Waals surface area (Å²) in [7, 11) is 0. The first-order valence-electron chi connectivity index (χ1n) is 5.36. The van der Waals surface area contributed by atoms with Crippen LogP contribution < -0.4 is 4.74 Å². The van der Waals surface area contributed by atoms with Gasteiger partial charge in [0, 0.05) is 17.3 Å². The van der Waals surface area contributed by atoms with E-state index in [-0.39, 0.29) is 16.8 Å². The summed E-state index contributed by atoms with van der Waals surface area (Å²) in [5, 5.41) is 0. The third-order valence-electron chi connectivity index (χ3n) is 2.34. The normalized spacial score (nSPS) is 11.2. The van der Waals surface area contributed by atoms with Gasteiger partial charge in [-0.2, -0.15) is 0 Å². The van der Waals surface area contributed by atoms with Crippen molar-refractivity contribution in [2.75, 3.05) is 0 Å². The molecule has 104 valence electrons. The Morgan fingerprint density at radius 2 is 1.95 bits per heavy atom. The van der Waals surface area contributed by atoms with Crippen LogP contribution in [0, 0.1) is 5.82 Å². The van der Waals surface area contributed by atoms with E-state index in [9.17, 15) is 22.4 Å². The molecule has 0 aliphatic carbocycles. The van der Waals surface area contributed by atoms with Crippen LogP contribution in [0.15, 0.2) is 36.5 Å². The van der Waals surface area contributed by atoms with Crippen molar-refractivity contribution >= 4 is 6.29 Å². The quantitative estimate of drug-likeness (QED) is 0.639. The number of hydrogen-bond donors (Lipinski definition) is 0. The van der Waals surface area contributed by atoms with Gasteiger partial charge < -0.3 is 4.74 Å². The second kappa shape index (κ2) is 5.28. The van der Waals surface area contributed by atoms with E-state index in [1.807, 2.05) is 0 Å². The van der Waals surface area contributed by atoms with E-state index >= 15 is 0 Å². The third-order valence-corrected chi connectivity index (χ3v) is 2.34. The SMILES string of the molecule is O=Cc1cnc(-c2cccc(OC(F)(F)F)c2)c(F)c1. The summed E-state index contributed by atoms with van der Waals surface area (Å²) in [5.74, 6) is -1.28. The highest BCUT2D eigenvalue weighted by Crippen LogP contribution is 2.28. The summed E-state index contributed by atoms with van der Waals surface area (Å²) in [5.41, 5.74) is -0.0149. The number of aldehydes is 1. The molecule has 0 saturated heterocycles. The summed E-state index contributed by atoms with van der Waals surface area (Å²) in [6.45, 7) is 0. The van der Waals surface area contributed by atoms with Crippen molar-refractivity contribution in [1.82, 2.24) is 4.98 Å². The van der Waals surface area contributed by atoms with Gasteiger partial charge in [0.1, 0.15) is 17.3 Å². The van der Waals surface area contributed by atoms with Gasteiger partial charge in [0.25, 0.3) is 0 Å². The lowest BCUT2D eigenvalue weighted by Crippen LogP contribution is -2.17. The molecule has 0 N–H and O–H groups in total. The van der Waals surface area contributed by atoms with E-state index in [0.29, 0.717) is 6.29 Å². The van der Waals surface area contributed by atoms with Crippen molar-refractivity contribution in [3.63, 3.8) is 0 Å². The Kier molecular flexibility index (Phi) is 3.69. The highest BCUT2D eigenvalue weighted by atomic mass is 19.4. The molecule has 0 fully saturated rings. The Labute approximate surface area is 110 Å². The standard InChI is InChI=1S/C13H7F4NO2/c14-11-4-8(7-19)6-18-12(11)9-2-1-3-10(5-9)20-13(15,16)17/h1-7H. The van der Waals surface area contributed by atoms with Crippen LogP contribution in [0.4, 0.5) is 17.6 Å². The number of hydrogen-bond acceptors (Lipinski definition) is 3. The Bertz CT molecular complexity index is 641. The number of carbonyl (C=O) groups excluding carboxylic acids is 1. The third kappa shape index (κ3) is 3.31. The molecule has 3 nitrogen and oxygen atoms in total. The lowest BCUT2D eigenvalue weighted by molar-refractivity contribution is -0.274. The molecule has 1 heterocycles. The van der Waals surface area contributed by atoms with Gasteiger partial charge in [0.2, 0.25) is 0 Å². The van der Waals surface area contributed by atoms with Crippen LogP contribution in [0.5, 0.6) is 5.75 Å². The number of aromatic nitrogens is 1. The van der Waals surface area contributed by atoms with E-state index in [4.69, 9.17) is 0 Å². The fraction of sp³-hybridized carbons (Fsp3) is 0.0769. The zero-order valence-corrected chi connectivity index (χ0v) is 9.82. The van der Waals surface area contributed by atoms with Crippen molar-refractivity contribution in [3.05, 3.63) is 47.9 Å². The van der Waals surface area contributed by atoms with Crippen molar-refractivity contribution in [3.8, 4) is 17.0 Å². The summed E-state index contributed by atoms with van der Waals surface area (Å²) in [6.07, 6.45) is -3.28. The lowest BCUT2D eigenvalue weighted by Gasteiger charge is -2.10. The van der Waals surface area contributed by atoms with E-state index in [2.05, 4.69) is 9.72 Å². The van der Waals surface area contributed by atoms with Crippen LogP contribution >= 0.6 is 0 Å². The van der Waals surface area contributed by atoms with Crippen molar-refractivity contribution < 1.29 is 27.1 Å². The molecular formula is C13H7F4NO2. The van der Waals surface area contributed by atoms with Crippen LogP contribution in [0.3, 0.4) is 0 Å². The van der Waals surface area contributed by atoms with Gasteiger partial charge >= 0.3 is 6.36 Å². The maximum absolute atomic E-state index is 13.7. The Morgan fingerprint density at radius 3 is 2.55 bits per heavy atom. The van der Waals surface area contributed by atoms with E-state index < -0.39 is 17.9 Å². The zero-order chi connectivity index (χ0) is 14.8. The number of nitrogens with zero attached hydrogens (tertiary/aromatic N) is 1. The van der Waals surface area contributed by atoms with Crippen LogP contribution in [-0.4, -0.2) is 17.6 Å². The Hall–Kier alpha value is -2.44. The molecule has 0 aliphatic heterocycles. The van der Waals surface area contributed by atoms with E-state index in [1.165, 1.54) is 12.1 Å². The van der Waals surface area contributed by atoms with Crippen LogP contribution in [0.2, 0.25) is 0 Å². The first-order chi connectivity index (χ1) is 9.39. The molecule has 0 bridgehead atoms. The fourth-order valence-electron chi connectivity index (χ4n) is 1.57. The molecule has 2 aromatic rings. The number of alkyl halides is 3. The highest BCUT2D eigenvalue weighted by Gasteiger charge is 2.31. The molecule has 1 aromatic heterocycles. The summed E-state index contributed by atoms with van der Waals surface area (Å²) in [6, 6.07) is 5.72. The number of rotatable bonds is 3. The molecule has 0 amide bonds. The molecule has 0 spiro atoms. The highest BCUT2D eigenvalue weighted by molar-refractivity contribution is 5.75. The number of halogens is 4. The molecule has 0 aliphatic rings. The van der Waals surface area contributed by atoms with Crippen LogP contribution in [0.25, 0.3) is 11.3 Å². The predicted molar refractivity (Wildman–Crippen MR) is 61.7 cm³/mol. The monoisotopic (exact) mass is 285 g/mol. The summed E-state index contributed by atoms with van der Waals surface area (Å²) >= 11 is 0. The maximum atomic E-state index is 13.7. The van der Waals surface area contributed by atoms with Gasteiger partial charge in [-0.15, -0.1) is 13.2 Å². The fourth-order valence-corrected chi connectivity index (χ4v) is 1.57. The van der Waals surface area contributed by atoms with Gasteiger partial charge in [0.15, 0.2) is 6.29 Å². The van der Waals surface area contributed by atoms with Gasteiger partial charge in [-0.3, -0.25) is 9.78 Å². The maximum Gasteiger partial charge on any atom is 0.573 e. The first kappa shape index (κ1) is 14.0. The molecule has 1 aromatic carbocycles. The zero-order valence-electron chi connectivity index (χ0n) is 9.82.